The topological polar surface area (TPSA) is 66.4 Å². The number of aryl methyl sites for hydroxylation is 1. The van der Waals surface area contributed by atoms with E-state index < -0.39 is 15.8 Å². The molecule has 0 unspecified atom stereocenters. The summed E-state index contributed by atoms with van der Waals surface area (Å²) < 4.78 is 39.6. The van der Waals surface area contributed by atoms with Gasteiger partial charge in [-0.3, -0.25) is 4.72 Å². The van der Waals surface area contributed by atoms with Gasteiger partial charge in [0.2, 0.25) is 0 Å². The molecule has 0 saturated carbocycles. The summed E-state index contributed by atoms with van der Waals surface area (Å²) in [6.45, 7) is 1.51. The summed E-state index contributed by atoms with van der Waals surface area (Å²) >= 11 is 0. The number of phenols is 1. The van der Waals surface area contributed by atoms with Crippen LogP contribution in [0.2, 0.25) is 0 Å². The van der Waals surface area contributed by atoms with Crippen LogP contribution in [0.3, 0.4) is 0 Å². The van der Waals surface area contributed by atoms with Gasteiger partial charge in [-0.1, -0.05) is 6.07 Å². The highest BCUT2D eigenvalue weighted by Crippen LogP contribution is 2.22. The number of sulfonamides is 1. The van der Waals surface area contributed by atoms with Crippen molar-refractivity contribution >= 4 is 15.7 Å². The minimum Gasteiger partial charge on any atom is -0.508 e. The second-order valence-corrected chi connectivity index (χ2v) is 5.72. The zero-order valence-electron chi connectivity index (χ0n) is 10.1. The highest BCUT2D eigenvalue weighted by molar-refractivity contribution is 7.92. The van der Waals surface area contributed by atoms with Crippen LogP contribution in [0.15, 0.2) is 47.4 Å². The molecule has 0 aliphatic carbocycles. The SMILES string of the molecule is Cc1cc(F)ccc1S(=O)(=O)Nc1cccc(O)c1. The van der Waals surface area contributed by atoms with E-state index in [1.54, 1.807) is 0 Å². The first-order chi connectivity index (χ1) is 8.88. The van der Waals surface area contributed by atoms with Crippen LogP contribution < -0.4 is 4.72 Å². The number of anilines is 1. The molecule has 0 fully saturated rings. The fourth-order valence-electron chi connectivity index (χ4n) is 1.69. The lowest BCUT2D eigenvalue weighted by Gasteiger charge is -2.10. The van der Waals surface area contributed by atoms with Crippen molar-refractivity contribution in [2.24, 2.45) is 0 Å². The fraction of sp³-hybridized carbons (Fsp3) is 0.0769. The van der Waals surface area contributed by atoms with E-state index in [1.807, 2.05) is 0 Å². The standard InChI is InChI=1S/C13H12FNO3S/c1-9-7-10(14)5-6-13(9)19(17,18)15-11-3-2-4-12(16)8-11/h2-8,15-16H,1H3. The second-order valence-electron chi connectivity index (χ2n) is 4.07. The van der Waals surface area contributed by atoms with Gasteiger partial charge >= 0.3 is 0 Å². The third-order valence-electron chi connectivity index (χ3n) is 2.52. The van der Waals surface area contributed by atoms with E-state index in [0.29, 0.717) is 5.56 Å². The number of aromatic hydroxyl groups is 1. The molecule has 0 saturated heterocycles. The Morgan fingerprint density at radius 3 is 2.53 bits per heavy atom. The van der Waals surface area contributed by atoms with Gasteiger partial charge in [0.1, 0.15) is 11.6 Å². The Morgan fingerprint density at radius 1 is 1.16 bits per heavy atom. The first kappa shape index (κ1) is 13.4. The Kier molecular flexibility index (Phi) is 3.44. The number of hydrogen-bond donors (Lipinski definition) is 2. The van der Waals surface area contributed by atoms with Gasteiger partial charge in [-0.05, 0) is 42.8 Å². The van der Waals surface area contributed by atoms with Gasteiger partial charge in [0.15, 0.2) is 0 Å². The first-order valence-electron chi connectivity index (χ1n) is 5.46. The van der Waals surface area contributed by atoms with E-state index in [1.165, 1.54) is 37.3 Å². The fourth-order valence-corrected chi connectivity index (χ4v) is 2.97. The molecule has 0 atom stereocenters. The van der Waals surface area contributed by atoms with E-state index in [0.717, 1.165) is 12.1 Å². The van der Waals surface area contributed by atoms with Crippen molar-refractivity contribution < 1.29 is 17.9 Å². The Bertz CT molecular complexity index is 714. The zero-order valence-corrected chi connectivity index (χ0v) is 10.9. The smallest absolute Gasteiger partial charge is 0.262 e. The van der Waals surface area contributed by atoms with Crippen molar-refractivity contribution in [2.45, 2.75) is 11.8 Å². The number of halogens is 1. The number of benzene rings is 2. The molecule has 2 aromatic rings. The summed E-state index contributed by atoms with van der Waals surface area (Å²) in [5.41, 5.74) is 0.552. The summed E-state index contributed by atoms with van der Waals surface area (Å²) in [6.07, 6.45) is 0. The third kappa shape index (κ3) is 3.03. The van der Waals surface area contributed by atoms with Crippen LogP contribution in [-0.4, -0.2) is 13.5 Å². The van der Waals surface area contributed by atoms with Crippen LogP contribution in [0.4, 0.5) is 10.1 Å². The molecular weight excluding hydrogens is 269 g/mol. The highest BCUT2D eigenvalue weighted by atomic mass is 32.2. The molecule has 0 spiro atoms. The van der Waals surface area contributed by atoms with Gasteiger partial charge in [-0.25, -0.2) is 12.8 Å². The molecule has 0 radical (unpaired) electrons. The van der Waals surface area contributed by atoms with Crippen molar-refractivity contribution in [1.82, 2.24) is 0 Å². The van der Waals surface area contributed by atoms with Gasteiger partial charge in [-0.15, -0.1) is 0 Å². The molecule has 0 amide bonds. The van der Waals surface area contributed by atoms with Crippen LogP contribution >= 0.6 is 0 Å². The summed E-state index contributed by atoms with van der Waals surface area (Å²) in [5, 5.41) is 9.29. The molecule has 0 aromatic heterocycles. The normalized spacial score (nSPS) is 11.3. The number of hydrogen-bond acceptors (Lipinski definition) is 3. The van der Waals surface area contributed by atoms with Crippen LogP contribution in [0.25, 0.3) is 0 Å². The van der Waals surface area contributed by atoms with E-state index in [9.17, 15) is 17.9 Å². The Morgan fingerprint density at radius 2 is 1.89 bits per heavy atom. The summed E-state index contributed by atoms with van der Waals surface area (Å²) in [5.74, 6) is -0.537. The van der Waals surface area contributed by atoms with Crippen LogP contribution in [0, 0.1) is 12.7 Å². The lowest BCUT2D eigenvalue weighted by Crippen LogP contribution is -2.14. The summed E-state index contributed by atoms with van der Waals surface area (Å²) in [6, 6.07) is 9.19. The average Bonchev–Trinajstić information content (AvgIpc) is 2.27. The minimum atomic E-state index is -3.81. The predicted molar refractivity (Wildman–Crippen MR) is 70.1 cm³/mol. The summed E-state index contributed by atoms with van der Waals surface area (Å²) in [4.78, 5) is -0.00255. The van der Waals surface area contributed by atoms with Gasteiger partial charge in [0.25, 0.3) is 10.0 Å². The first-order valence-corrected chi connectivity index (χ1v) is 6.95. The number of rotatable bonds is 3. The van der Waals surface area contributed by atoms with E-state index in [2.05, 4.69) is 4.72 Å². The molecule has 19 heavy (non-hydrogen) atoms. The molecule has 2 aromatic carbocycles. The zero-order chi connectivity index (χ0) is 14.0. The van der Waals surface area contributed by atoms with Gasteiger partial charge < -0.3 is 5.11 Å². The maximum atomic E-state index is 13.0. The highest BCUT2D eigenvalue weighted by Gasteiger charge is 2.17. The van der Waals surface area contributed by atoms with E-state index in [4.69, 9.17) is 0 Å². The van der Waals surface area contributed by atoms with Crippen molar-refractivity contribution in [2.75, 3.05) is 4.72 Å². The van der Waals surface area contributed by atoms with Gasteiger partial charge in [0.05, 0.1) is 10.6 Å². The lowest BCUT2D eigenvalue weighted by atomic mass is 10.2. The maximum Gasteiger partial charge on any atom is 0.262 e. The Balaban J connectivity index is 2.38. The molecule has 2 rings (SSSR count). The molecule has 2 N–H and O–H groups in total. The van der Waals surface area contributed by atoms with Crippen molar-refractivity contribution in [3.63, 3.8) is 0 Å². The number of phenolic OH excluding ortho intramolecular Hbond substituents is 1. The molecule has 0 aliphatic rings. The van der Waals surface area contributed by atoms with Crippen LogP contribution in [0.5, 0.6) is 5.75 Å². The number of nitrogens with one attached hydrogen (secondary N) is 1. The van der Waals surface area contributed by atoms with Crippen molar-refractivity contribution in [1.29, 1.82) is 0 Å². The molecular formula is C13H12FNO3S. The predicted octanol–water partition coefficient (Wildman–Crippen LogP) is 2.64. The molecule has 0 bridgehead atoms. The van der Waals surface area contributed by atoms with Crippen LogP contribution in [0.1, 0.15) is 5.56 Å². The quantitative estimate of drug-likeness (QED) is 0.909. The molecule has 0 aliphatic heterocycles. The summed E-state index contributed by atoms with van der Waals surface area (Å²) in [7, 11) is -3.81. The monoisotopic (exact) mass is 281 g/mol. The van der Waals surface area contributed by atoms with Gasteiger partial charge in [-0.2, -0.15) is 0 Å². The second kappa shape index (κ2) is 4.89. The molecule has 4 nitrogen and oxygen atoms in total. The van der Waals surface area contributed by atoms with Gasteiger partial charge in [0, 0.05) is 6.07 Å². The molecule has 100 valence electrons. The Hall–Kier alpha value is -2.08. The minimum absolute atomic E-state index is 0.00255. The van der Waals surface area contributed by atoms with Crippen LogP contribution in [-0.2, 0) is 10.0 Å². The third-order valence-corrected chi connectivity index (χ3v) is 4.07. The van der Waals surface area contributed by atoms with E-state index >= 15 is 0 Å². The van der Waals surface area contributed by atoms with Crippen molar-refractivity contribution in [3.05, 3.63) is 53.8 Å². The van der Waals surface area contributed by atoms with Crippen molar-refractivity contribution in [3.8, 4) is 5.75 Å². The lowest BCUT2D eigenvalue weighted by molar-refractivity contribution is 0.475. The average molecular weight is 281 g/mol. The molecule has 6 heteroatoms. The Labute approximate surface area is 110 Å². The van der Waals surface area contributed by atoms with E-state index in [-0.39, 0.29) is 16.3 Å². The molecule has 0 heterocycles. The maximum absolute atomic E-state index is 13.0. The largest absolute Gasteiger partial charge is 0.508 e.